The summed E-state index contributed by atoms with van der Waals surface area (Å²) >= 11 is 0. The molecule has 0 aromatic carbocycles. The molecule has 3 heterocycles. The molecule has 0 aliphatic carbocycles. The van der Waals surface area contributed by atoms with Gasteiger partial charge in [-0.15, -0.1) is 0 Å². The number of pyridine rings is 1. The van der Waals surface area contributed by atoms with E-state index in [0.29, 0.717) is 0 Å². The van der Waals surface area contributed by atoms with Crippen molar-refractivity contribution in [1.82, 2.24) is 15.0 Å². The van der Waals surface area contributed by atoms with Gasteiger partial charge in [0.1, 0.15) is 5.82 Å². The standard InChI is InChI=1S/C12H14N4/c1-2-7-16(6-1)12-10(4-3-5-14-12)11-8-13-9-15-11/h3-5,8-9H,1-2,6-7H2,(H,13,15). The van der Waals surface area contributed by atoms with Crippen molar-refractivity contribution < 1.29 is 0 Å². The Balaban J connectivity index is 2.04. The van der Waals surface area contributed by atoms with E-state index in [9.17, 15) is 0 Å². The normalized spacial score (nSPS) is 15.6. The molecule has 1 N–H and O–H groups in total. The van der Waals surface area contributed by atoms with Crippen LogP contribution in [0.15, 0.2) is 30.9 Å². The average Bonchev–Trinajstić information content (AvgIpc) is 3.03. The van der Waals surface area contributed by atoms with Gasteiger partial charge < -0.3 is 9.88 Å². The minimum absolute atomic E-state index is 1.04. The van der Waals surface area contributed by atoms with Crippen LogP contribution in [0.5, 0.6) is 0 Å². The van der Waals surface area contributed by atoms with E-state index in [2.05, 4.69) is 25.9 Å². The molecular weight excluding hydrogens is 200 g/mol. The van der Waals surface area contributed by atoms with E-state index >= 15 is 0 Å². The monoisotopic (exact) mass is 214 g/mol. The topological polar surface area (TPSA) is 44.8 Å². The number of aromatic nitrogens is 3. The first-order chi connectivity index (χ1) is 7.95. The first kappa shape index (κ1) is 9.39. The smallest absolute Gasteiger partial charge is 0.137 e. The molecule has 2 aromatic heterocycles. The van der Waals surface area contributed by atoms with Crippen molar-refractivity contribution in [3.8, 4) is 11.3 Å². The van der Waals surface area contributed by atoms with Gasteiger partial charge in [0, 0.05) is 24.8 Å². The SMILES string of the molecule is c1cnc(N2CCCC2)c(-c2cnc[nH]2)c1. The van der Waals surface area contributed by atoms with Gasteiger partial charge in [-0.25, -0.2) is 9.97 Å². The highest BCUT2D eigenvalue weighted by molar-refractivity contribution is 5.72. The Hall–Kier alpha value is -1.84. The Kier molecular flexibility index (Phi) is 2.33. The molecule has 1 aliphatic rings. The minimum atomic E-state index is 1.04. The number of aromatic amines is 1. The van der Waals surface area contributed by atoms with Crippen LogP contribution < -0.4 is 4.90 Å². The van der Waals surface area contributed by atoms with Gasteiger partial charge in [-0.05, 0) is 25.0 Å². The Labute approximate surface area is 94.4 Å². The van der Waals surface area contributed by atoms with Crippen molar-refractivity contribution in [3.63, 3.8) is 0 Å². The van der Waals surface area contributed by atoms with Gasteiger partial charge >= 0.3 is 0 Å². The molecule has 0 saturated carbocycles. The summed E-state index contributed by atoms with van der Waals surface area (Å²) in [5.74, 6) is 1.07. The summed E-state index contributed by atoms with van der Waals surface area (Å²) < 4.78 is 0. The molecule has 2 aromatic rings. The van der Waals surface area contributed by atoms with E-state index in [0.717, 1.165) is 30.2 Å². The van der Waals surface area contributed by atoms with Gasteiger partial charge in [-0.1, -0.05) is 0 Å². The van der Waals surface area contributed by atoms with Gasteiger partial charge in [-0.3, -0.25) is 0 Å². The average molecular weight is 214 g/mol. The largest absolute Gasteiger partial charge is 0.356 e. The van der Waals surface area contributed by atoms with Crippen LogP contribution in [-0.2, 0) is 0 Å². The summed E-state index contributed by atoms with van der Waals surface area (Å²) in [7, 11) is 0. The van der Waals surface area contributed by atoms with Crippen molar-refractivity contribution >= 4 is 5.82 Å². The van der Waals surface area contributed by atoms with E-state index in [1.54, 1.807) is 6.33 Å². The van der Waals surface area contributed by atoms with Crippen molar-refractivity contribution in [2.75, 3.05) is 18.0 Å². The third-order valence-corrected chi connectivity index (χ3v) is 2.98. The van der Waals surface area contributed by atoms with E-state index in [4.69, 9.17) is 0 Å². The molecule has 1 fully saturated rings. The van der Waals surface area contributed by atoms with Crippen LogP contribution >= 0.6 is 0 Å². The number of hydrogen-bond donors (Lipinski definition) is 1. The second kappa shape index (κ2) is 3.96. The zero-order chi connectivity index (χ0) is 10.8. The van der Waals surface area contributed by atoms with E-state index in [-0.39, 0.29) is 0 Å². The second-order valence-electron chi connectivity index (χ2n) is 4.03. The van der Waals surface area contributed by atoms with Gasteiger partial charge in [0.05, 0.1) is 18.2 Å². The second-order valence-corrected chi connectivity index (χ2v) is 4.03. The van der Waals surface area contributed by atoms with Crippen LogP contribution in [0.25, 0.3) is 11.3 Å². The summed E-state index contributed by atoms with van der Waals surface area (Å²) in [4.78, 5) is 14.0. The summed E-state index contributed by atoms with van der Waals surface area (Å²) in [5, 5.41) is 0. The van der Waals surface area contributed by atoms with Crippen LogP contribution in [0.3, 0.4) is 0 Å². The molecular formula is C12H14N4. The highest BCUT2D eigenvalue weighted by atomic mass is 15.2. The summed E-state index contributed by atoms with van der Waals surface area (Å²) in [6.45, 7) is 2.22. The lowest BCUT2D eigenvalue weighted by Crippen LogP contribution is -2.19. The van der Waals surface area contributed by atoms with Crippen molar-refractivity contribution in [1.29, 1.82) is 0 Å². The summed E-state index contributed by atoms with van der Waals surface area (Å²) in [6, 6.07) is 4.06. The highest BCUT2D eigenvalue weighted by Crippen LogP contribution is 2.28. The third kappa shape index (κ3) is 1.56. The third-order valence-electron chi connectivity index (χ3n) is 2.98. The number of H-pyrrole nitrogens is 1. The van der Waals surface area contributed by atoms with Crippen LogP contribution in [-0.4, -0.2) is 28.0 Å². The molecule has 0 unspecified atom stereocenters. The molecule has 1 saturated heterocycles. The fourth-order valence-corrected chi connectivity index (χ4v) is 2.19. The lowest BCUT2D eigenvalue weighted by atomic mass is 10.2. The number of nitrogens with one attached hydrogen (secondary N) is 1. The van der Waals surface area contributed by atoms with Crippen LogP contribution in [0.2, 0.25) is 0 Å². The fraction of sp³-hybridized carbons (Fsp3) is 0.333. The molecule has 1 aliphatic heterocycles. The van der Waals surface area contributed by atoms with E-state index in [1.165, 1.54) is 12.8 Å². The molecule has 4 nitrogen and oxygen atoms in total. The molecule has 4 heteroatoms. The molecule has 3 rings (SSSR count). The predicted octanol–water partition coefficient (Wildman–Crippen LogP) is 2.07. The molecule has 0 radical (unpaired) electrons. The van der Waals surface area contributed by atoms with Gasteiger partial charge in [0.25, 0.3) is 0 Å². The molecule has 0 amide bonds. The number of anilines is 1. The van der Waals surface area contributed by atoms with Gasteiger partial charge in [0.15, 0.2) is 0 Å². The number of rotatable bonds is 2. The van der Waals surface area contributed by atoms with Crippen molar-refractivity contribution in [3.05, 3.63) is 30.9 Å². The Morgan fingerprint density at radius 1 is 1.25 bits per heavy atom. The molecule has 82 valence electrons. The maximum Gasteiger partial charge on any atom is 0.137 e. The van der Waals surface area contributed by atoms with Crippen molar-refractivity contribution in [2.24, 2.45) is 0 Å². The molecule has 16 heavy (non-hydrogen) atoms. The minimum Gasteiger partial charge on any atom is -0.356 e. The predicted molar refractivity (Wildman–Crippen MR) is 63.3 cm³/mol. The van der Waals surface area contributed by atoms with Crippen LogP contribution in [0.4, 0.5) is 5.82 Å². The molecule has 0 spiro atoms. The maximum absolute atomic E-state index is 4.49. The summed E-state index contributed by atoms with van der Waals surface area (Å²) in [5.41, 5.74) is 2.18. The Bertz CT molecular complexity index is 458. The van der Waals surface area contributed by atoms with Crippen LogP contribution in [0, 0.1) is 0 Å². The number of imidazole rings is 1. The van der Waals surface area contributed by atoms with Crippen molar-refractivity contribution in [2.45, 2.75) is 12.8 Å². The lowest BCUT2D eigenvalue weighted by Gasteiger charge is -2.18. The Morgan fingerprint density at radius 2 is 2.12 bits per heavy atom. The van der Waals surface area contributed by atoms with Gasteiger partial charge in [0.2, 0.25) is 0 Å². The van der Waals surface area contributed by atoms with E-state index < -0.39 is 0 Å². The molecule has 0 bridgehead atoms. The summed E-state index contributed by atoms with van der Waals surface area (Å²) in [6.07, 6.45) is 7.93. The molecule has 0 atom stereocenters. The fourth-order valence-electron chi connectivity index (χ4n) is 2.19. The Morgan fingerprint density at radius 3 is 2.88 bits per heavy atom. The zero-order valence-electron chi connectivity index (χ0n) is 9.06. The highest BCUT2D eigenvalue weighted by Gasteiger charge is 2.17. The van der Waals surface area contributed by atoms with E-state index in [1.807, 2.05) is 18.5 Å². The van der Waals surface area contributed by atoms with Gasteiger partial charge in [-0.2, -0.15) is 0 Å². The number of hydrogen-bond acceptors (Lipinski definition) is 3. The lowest BCUT2D eigenvalue weighted by molar-refractivity contribution is 0.938. The first-order valence-electron chi connectivity index (χ1n) is 5.64. The first-order valence-corrected chi connectivity index (χ1v) is 5.64. The number of nitrogens with zero attached hydrogens (tertiary/aromatic N) is 3. The van der Waals surface area contributed by atoms with Crippen LogP contribution in [0.1, 0.15) is 12.8 Å². The quantitative estimate of drug-likeness (QED) is 0.832. The maximum atomic E-state index is 4.49. The zero-order valence-corrected chi connectivity index (χ0v) is 9.06.